The highest BCUT2D eigenvalue weighted by Crippen LogP contribution is 2.27. The van der Waals surface area contributed by atoms with E-state index in [1.54, 1.807) is 11.1 Å². The number of hydrogen-bond acceptors (Lipinski definition) is 6. The highest BCUT2D eigenvalue weighted by Gasteiger charge is 2.15. The first-order valence-electron chi connectivity index (χ1n) is 6.62. The first-order chi connectivity index (χ1) is 10.3. The van der Waals surface area contributed by atoms with Crippen LogP contribution < -0.4 is 15.6 Å². The Bertz CT molecular complexity index is 725. The minimum absolute atomic E-state index is 0. The molecule has 0 saturated carbocycles. The van der Waals surface area contributed by atoms with Crippen LogP contribution in [0.25, 0.3) is 0 Å². The van der Waals surface area contributed by atoms with E-state index in [1.165, 1.54) is 0 Å². The molecule has 142 valence electrons. The van der Waals surface area contributed by atoms with E-state index in [4.69, 9.17) is 23.3 Å². The van der Waals surface area contributed by atoms with Gasteiger partial charge in [0.15, 0.2) is 0 Å². The largest absolute Gasteiger partial charge is 0.412 e. The van der Waals surface area contributed by atoms with Crippen molar-refractivity contribution in [2.75, 3.05) is 23.5 Å². The number of nitrogens with one attached hydrogen (secondary N) is 1. The topological polar surface area (TPSA) is 182 Å². The molecule has 1 aromatic rings. The molecule has 24 heavy (non-hydrogen) atoms. The molecular formula is C12H25N3O7S2. The normalized spacial score (nSPS) is 11.1. The van der Waals surface area contributed by atoms with Crippen molar-refractivity contribution in [2.45, 2.75) is 27.2 Å². The Labute approximate surface area is 142 Å². The second-order valence-electron chi connectivity index (χ2n) is 4.69. The second-order valence-corrected chi connectivity index (χ2v) is 7.31. The van der Waals surface area contributed by atoms with E-state index in [0.717, 1.165) is 35.2 Å². The summed E-state index contributed by atoms with van der Waals surface area (Å²) >= 11 is 0. The number of hydrazine groups is 1. The van der Waals surface area contributed by atoms with Crippen LogP contribution in [-0.4, -0.2) is 44.2 Å². The number of rotatable bonds is 5. The van der Waals surface area contributed by atoms with Crippen LogP contribution in [0.2, 0.25) is 0 Å². The van der Waals surface area contributed by atoms with Gasteiger partial charge in [-0.3, -0.25) is 14.1 Å². The van der Waals surface area contributed by atoms with Gasteiger partial charge in [-0.2, -0.15) is 8.42 Å². The molecule has 0 heterocycles. The van der Waals surface area contributed by atoms with Crippen molar-refractivity contribution < 1.29 is 31.4 Å². The van der Waals surface area contributed by atoms with Crippen LogP contribution in [0.5, 0.6) is 0 Å². The second kappa shape index (κ2) is 9.76. The van der Waals surface area contributed by atoms with Gasteiger partial charge in [0.2, 0.25) is 10.0 Å². The van der Waals surface area contributed by atoms with E-state index in [9.17, 15) is 8.42 Å². The van der Waals surface area contributed by atoms with Gasteiger partial charge < -0.3 is 11.2 Å². The van der Waals surface area contributed by atoms with Crippen LogP contribution in [0.3, 0.4) is 0 Å². The molecule has 0 spiro atoms. The molecule has 0 radical (unpaired) electrons. The third-order valence-electron chi connectivity index (χ3n) is 2.85. The molecule has 0 bridgehead atoms. The van der Waals surface area contributed by atoms with Crippen molar-refractivity contribution in [3.05, 3.63) is 23.3 Å². The molecule has 7 N–H and O–H groups in total. The highest BCUT2D eigenvalue weighted by molar-refractivity contribution is 7.88. The van der Waals surface area contributed by atoms with Crippen LogP contribution in [0, 0.1) is 6.92 Å². The summed E-state index contributed by atoms with van der Waals surface area (Å²) < 4.78 is 54.3. The molecule has 0 amide bonds. The molecule has 0 saturated heterocycles. The SMILES string of the molecule is CCc1c(N(CC)NS(C)(=O)=O)ccc(N)c1C.O.O=S(=O)(O)O. The molecule has 10 nitrogen and oxygen atoms in total. The molecule has 0 aliphatic carbocycles. The summed E-state index contributed by atoms with van der Waals surface area (Å²) in [4.78, 5) is 2.51. The van der Waals surface area contributed by atoms with E-state index < -0.39 is 20.4 Å². The van der Waals surface area contributed by atoms with Crippen LogP contribution in [0.1, 0.15) is 25.0 Å². The Morgan fingerprint density at radius 1 is 1.17 bits per heavy atom. The first-order valence-corrected chi connectivity index (χ1v) is 9.91. The van der Waals surface area contributed by atoms with Crippen molar-refractivity contribution in [2.24, 2.45) is 0 Å². The van der Waals surface area contributed by atoms with Crippen molar-refractivity contribution in [1.82, 2.24) is 4.83 Å². The lowest BCUT2D eigenvalue weighted by Crippen LogP contribution is -2.42. The summed E-state index contributed by atoms with van der Waals surface area (Å²) in [5, 5.41) is 1.63. The number of hydrogen-bond donors (Lipinski definition) is 4. The van der Waals surface area contributed by atoms with Crippen molar-refractivity contribution in [3.63, 3.8) is 0 Å². The van der Waals surface area contributed by atoms with Crippen LogP contribution in [0.4, 0.5) is 11.4 Å². The summed E-state index contributed by atoms with van der Waals surface area (Å²) in [6, 6.07) is 3.65. The predicted molar refractivity (Wildman–Crippen MR) is 93.8 cm³/mol. The van der Waals surface area contributed by atoms with Gasteiger partial charge in [-0.25, -0.2) is 8.42 Å². The quantitative estimate of drug-likeness (QED) is 0.308. The van der Waals surface area contributed by atoms with E-state index in [0.29, 0.717) is 6.54 Å². The van der Waals surface area contributed by atoms with Gasteiger partial charge in [0.1, 0.15) is 0 Å². The smallest absolute Gasteiger partial charge is 0.394 e. The third kappa shape index (κ3) is 9.64. The van der Waals surface area contributed by atoms with Gasteiger partial charge in [0, 0.05) is 12.2 Å². The van der Waals surface area contributed by atoms with E-state index in [1.807, 2.05) is 26.8 Å². The zero-order valence-electron chi connectivity index (χ0n) is 13.9. The summed E-state index contributed by atoms with van der Waals surface area (Å²) in [7, 11) is -7.95. The van der Waals surface area contributed by atoms with E-state index in [2.05, 4.69) is 4.83 Å². The number of sulfonamides is 1. The third-order valence-corrected chi connectivity index (χ3v) is 3.40. The molecule has 0 fully saturated rings. The molecule has 0 unspecified atom stereocenters. The Kier molecular flexibility index (Phi) is 10.1. The summed E-state index contributed by atoms with van der Waals surface area (Å²) in [5.74, 6) is 0. The minimum atomic E-state index is -4.67. The van der Waals surface area contributed by atoms with Gasteiger partial charge in [-0.15, -0.1) is 4.83 Å². The molecule has 1 aromatic carbocycles. The van der Waals surface area contributed by atoms with Crippen molar-refractivity contribution >= 4 is 31.8 Å². The summed E-state index contributed by atoms with van der Waals surface area (Å²) in [6.45, 7) is 6.41. The fraction of sp³-hybridized carbons (Fsp3) is 0.500. The molecule has 1 rings (SSSR count). The van der Waals surface area contributed by atoms with E-state index in [-0.39, 0.29) is 5.48 Å². The standard InChI is InChI=1S/C12H21N3O2S.H2O4S.H2O/c1-5-10-9(3)11(13)7-8-12(10)15(6-2)14-18(4,16)17;1-5(2,3)4;/h7-8,14H,5-6,13H2,1-4H3;(H2,1,2,3,4);1H2. The zero-order chi connectivity index (χ0) is 18.4. The lowest BCUT2D eigenvalue weighted by molar-refractivity contribution is 0.381. The van der Waals surface area contributed by atoms with Gasteiger partial charge >= 0.3 is 10.4 Å². The van der Waals surface area contributed by atoms with Crippen LogP contribution in [-0.2, 0) is 26.8 Å². The fourth-order valence-corrected chi connectivity index (χ4v) is 2.57. The van der Waals surface area contributed by atoms with E-state index >= 15 is 0 Å². The van der Waals surface area contributed by atoms with Crippen molar-refractivity contribution in [1.29, 1.82) is 0 Å². The Morgan fingerprint density at radius 2 is 1.62 bits per heavy atom. The van der Waals surface area contributed by atoms with Crippen molar-refractivity contribution in [3.8, 4) is 0 Å². The number of nitrogens with zero attached hydrogens (tertiary/aromatic N) is 1. The molecule has 12 heteroatoms. The molecule has 0 aromatic heterocycles. The maximum absolute atomic E-state index is 11.3. The Hall–Kier alpha value is -1.44. The van der Waals surface area contributed by atoms with Gasteiger partial charge in [-0.05, 0) is 43.5 Å². The Morgan fingerprint density at radius 3 is 1.96 bits per heavy atom. The maximum atomic E-state index is 11.3. The van der Waals surface area contributed by atoms with Gasteiger partial charge in [0.05, 0.1) is 11.9 Å². The average molecular weight is 387 g/mol. The minimum Gasteiger partial charge on any atom is -0.412 e. The number of benzene rings is 1. The molecule has 0 atom stereocenters. The molecular weight excluding hydrogens is 362 g/mol. The van der Waals surface area contributed by atoms with Gasteiger partial charge in [-0.1, -0.05) is 6.92 Å². The van der Waals surface area contributed by atoms with Crippen LogP contribution >= 0.6 is 0 Å². The zero-order valence-corrected chi connectivity index (χ0v) is 15.6. The molecule has 0 aliphatic rings. The summed E-state index contributed by atoms with van der Waals surface area (Å²) in [5.41, 5.74) is 9.53. The average Bonchev–Trinajstić information content (AvgIpc) is 2.36. The fourth-order valence-electron chi connectivity index (χ4n) is 1.94. The summed E-state index contributed by atoms with van der Waals surface area (Å²) in [6.07, 6.45) is 1.94. The first kappa shape index (κ1) is 24.8. The number of nitrogens with two attached hydrogens (primary N) is 1. The number of nitrogen functional groups attached to an aromatic ring is 1. The maximum Gasteiger partial charge on any atom is 0.394 e. The van der Waals surface area contributed by atoms with Gasteiger partial charge in [0.25, 0.3) is 0 Å². The highest BCUT2D eigenvalue weighted by atomic mass is 32.3. The number of anilines is 2. The molecule has 0 aliphatic heterocycles. The lowest BCUT2D eigenvalue weighted by atomic mass is 10.0. The predicted octanol–water partition coefficient (Wildman–Crippen LogP) is -0.0474. The monoisotopic (exact) mass is 387 g/mol. The lowest BCUT2D eigenvalue weighted by Gasteiger charge is -2.26. The Balaban J connectivity index is 0. The van der Waals surface area contributed by atoms with Crippen LogP contribution in [0.15, 0.2) is 12.1 Å².